The zero-order chi connectivity index (χ0) is 14.2. The molecule has 5 heteroatoms. The van der Waals surface area contributed by atoms with Crippen LogP contribution in [0.15, 0.2) is 18.2 Å². The summed E-state index contributed by atoms with van der Waals surface area (Å²) in [6, 6.07) is 4.47. The molecule has 104 valence electrons. The van der Waals surface area contributed by atoms with E-state index in [9.17, 15) is 15.0 Å². The van der Waals surface area contributed by atoms with Crippen LogP contribution in [-0.2, 0) is 0 Å². The van der Waals surface area contributed by atoms with Gasteiger partial charge in [-0.1, -0.05) is 11.6 Å². The highest BCUT2D eigenvalue weighted by molar-refractivity contribution is 6.30. The van der Waals surface area contributed by atoms with Gasteiger partial charge in [0.1, 0.15) is 5.75 Å². The second kappa shape index (κ2) is 5.02. The molecular weight excluding hydrogens is 266 g/mol. The third-order valence-electron chi connectivity index (χ3n) is 3.66. The van der Waals surface area contributed by atoms with Crippen molar-refractivity contribution in [1.82, 2.24) is 4.90 Å². The molecule has 0 aromatic heterocycles. The Balaban J connectivity index is 2.14. The van der Waals surface area contributed by atoms with Crippen LogP contribution in [0.3, 0.4) is 0 Å². The molecule has 1 aliphatic heterocycles. The molecule has 4 nitrogen and oxygen atoms in total. The van der Waals surface area contributed by atoms with Gasteiger partial charge in [0, 0.05) is 24.0 Å². The fourth-order valence-electron chi connectivity index (χ4n) is 2.38. The minimum absolute atomic E-state index is 0.0610. The quantitative estimate of drug-likeness (QED) is 0.875. The zero-order valence-corrected chi connectivity index (χ0v) is 11.8. The molecule has 0 radical (unpaired) electrons. The lowest BCUT2D eigenvalue weighted by Gasteiger charge is -2.25. The van der Waals surface area contributed by atoms with Gasteiger partial charge < -0.3 is 15.1 Å². The van der Waals surface area contributed by atoms with E-state index in [1.807, 2.05) is 0 Å². The number of likely N-dealkylation sites (tertiary alicyclic amines) is 1. The van der Waals surface area contributed by atoms with Crippen LogP contribution in [0.1, 0.15) is 30.6 Å². The number of halogens is 1. The van der Waals surface area contributed by atoms with E-state index in [1.54, 1.807) is 24.8 Å². The number of hydrogen-bond donors (Lipinski definition) is 2. The smallest absolute Gasteiger partial charge is 0.257 e. The molecule has 1 heterocycles. The minimum Gasteiger partial charge on any atom is -0.507 e. The Morgan fingerprint density at radius 3 is 2.68 bits per heavy atom. The van der Waals surface area contributed by atoms with Crippen LogP contribution in [-0.4, -0.2) is 39.7 Å². The average Bonchev–Trinajstić information content (AvgIpc) is 2.76. The molecule has 0 spiro atoms. The molecule has 19 heavy (non-hydrogen) atoms. The Hall–Kier alpha value is -1.26. The van der Waals surface area contributed by atoms with Crippen molar-refractivity contribution in [3.63, 3.8) is 0 Å². The van der Waals surface area contributed by atoms with Gasteiger partial charge in [-0.2, -0.15) is 0 Å². The molecule has 1 aliphatic rings. The maximum absolute atomic E-state index is 12.3. The summed E-state index contributed by atoms with van der Waals surface area (Å²) in [5, 5.41) is 20.1. The molecule has 0 aliphatic carbocycles. The van der Waals surface area contributed by atoms with Crippen LogP contribution in [0.4, 0.5) is 0 Å². The van der Waals surface area contributed by atoms with Crippen molar-refractivity contribution in [2.45, 2.75) is 25.9 Å². The maximum Gasteiger partial charge on any atom is 0.257 e. The van der Waals surface area contributed by atoms with Gasteiger partial charge in [-0.15, -0.1) is 0 Å². The summed E-state index contributed by atoms with van der Waals surface area (Å²) in [5.74, 6) is -0.268. The molecule has 2 rings (SSSR count). The van der Waals surface area contributed by atoms with Gasteiger partial charge >= 0.3 is 0 Å². The highest BCUT2D eigenvalue weighted by Crippen LogP contribution is 2.30. The topological polar surface area (TPSA) is 60.8 Å². The van der Waals surface area contributed by atoms with E-state index in [0.29, 0.717) is 18.1 Å². The van der Waals surface area contributed by atoms with Crippen LogP contribution in [0.5, 0.6) is 5.75 Å². The number of amides is 1. The number of carbonyl (C=O) groups is 1. The number of rotatable bonds is 2. The molecule has 2 N–H and O–H groups in total. The van der Waals surface area contributed by atoms with Crippen LogP contribution in [0, 0.1) is 5.92 Å². The average molecular weight is 284 g/mol. The second-order valence-corrected chi connectivity index (χ2v) is 5.99. The van der Waals surface area contributed by atoms with E-state index < -0.39 is 5.60 Å². The van der Waals surface area contributed by atoms with E-state index in [2.05, 4.69) is 0 Å². The Morgan fingerprint density at radius 1 is 1.47 bits per heavy atom. The van der Waals surface area contributed by atoms with Crippen molar-refractivity contribution < 1.29 is 15.0 Å². The van der Waals surface area contributed by atoms with Crippen LogP contribution in [0.25, 0.3) is 0 Å². The van der Waals surface area contributed by atoms with Gasteiger partial charge in [0.05, 0.1) is 11.2 Å². The van der Waals surface area contributed by atoms with Crippen molar-refractivity contribution in [3.05, 3.63) is 28.8 Å². The van der Waals surface area contributed by atoms with E-state index in [4.69, 9.17) is 11.6 Å². The van der Waals surface area contributed by atoms with Gasteiger partial charge in [-0.25, -0.2) is 0 Å². The molecule has 1 aromatic carbocycles. The molecule has 1 fully saturated rings. The van der Waals surface area contributed by atoms with Crippen LogP contribution in [0.2, 0.25) is 5.02 Å². The maximum atomic E-state index is 12.3. The summed E-state index contributed by atoms with van der Waals surface area (Å²) >= 11 is 5.75. The second-order valence-electron chi connectivity index (χ2n) is 5.55. The number of benzene rings is 1. The first kappa shape index (κ1) is 14.2. The lowest BCUT2D eigenvalue weighted by molar-refractivity contribution is 0.0211. The van der Waals surface area contributed by atoms with Gasteiger partial charge in [0.2, 0.25) is 0 Å². The molecule has 1 amide bonds. The summed E-state index contributed by atoms with van der Waals surface area (Å²) in [6.07, 6.45) is 0.767. The number of aromatic hydroxyl groups is 1. The van der Waals surface area contributed by atoms with Crippen molar-refractivity contribution in [2.24, 2.45) is 5.92 Å². The fourth-order valence-corrected chi connectivity index (χ4v) is 2.54. The number of phenols is 1. The Labute approximate surface area is 117 Å². The first-order valence-corrected chi connectivity index (χ1v) is 6.67. The first-order valence-electron chi connectivity index (χ1n) is 6.29. The predicted molar refractivity (Wildman–Crippen MR) is 73.4 cm³/mol. The van der Waals surface area contributed by atoms with Crippen LogP contribution < -0.4 is 0 Å². The minimum atomic E-state index is -0.795. The number of phenolic OH excluding ortho intramolecular Hbond substituents is 1. The molecule has 1 saturated heterocycles. The SMILES string of the molecule is CC(C)(O)[C@H]1CCN(C(=O)c2ccc(Cl)cc2O)C1. The molecule has 0 bridgehead atoms. The highest BCUT2D eigenvalue weighted by atomic mass is 35.5. The Morgan fingerprint density at radius 2 is 2.16 bits per heavy atom. The molecule has 1 aromatic rings. The number of carbonyl (C=O) groups excluding carboxylic acids is 1. The van der Waals surface area contributed by atoms with Crippen LogP contribution >= 0.6 is 11.6 Å². The lowest BCUT2D eigenvalue weighted by atomic mass is 9.90. The molecule has 0 unspecified atom stereocenters. The molecule has 1 atom stereocenters. The summed E-state index contributed by atoms with van der Waals surface area (Å²) in [5.41, 5.74) is -0.544. The zero-order valence-electron chi connectivity index (χ0n) is 11.1. The molecular formula is C14H18ClNO3. The van der Waals surface area contributed by atoms with Gasteiger partial charge in [-0.3, -0.25) is 4.79 Å². The van der Waals surface area contributed by atoms with Gasteiger partial charge in [0.25, 0.3) is 5.91 Å². The Kier molecular flexibility index (Phi) is 3.74. The van der Waals surface area contributed by atoms with Crippen molar-refractivity contribution in [3.8, 4) is 5.75 Å². The summed E-state index contributed by atoms with van der Waals surface area (Å²) in [7, 11) is 0. The summed E-state index contributed by atoms with van der Waals surface area (Å²) < 4.78 is 0. The number of hydrogen-bond acceptors (Lipinski definition) is 3. The lowest BCUT2D eigenvalue weighted by Crippen LogP contribution is -2.35. The number of aliphatic hydroxyl groups is 1. The van der Waals surface area contributed by atoms with Crippen molar-refractivity contribution in [1.29, 1.82) is 0 Å². The normalized spacial score (nSPS) is 19.8. The largest absolute Gasteiger partial charge is 0.507 e. The summed E-state index contributed by atoms with van der Waals surface area (Å²) in [6.45, 7) is 4.61. The van der Waals surface area contributed by atoms with Gasteiger partial charge in [-0.05, 0) is 38.5 Å². The number of nitrogens with zero attached hydrogens (tertiary/aromatic N) is 1. The third kappa shape index (κ3) is 3.01. The third-order valence-corrected chi connectivity index (χ3v) is 3.90. The van der Waals surface area contributed by atoms with E-state index >= 15 is 0 Å². The van der Waals surface area contributed by atoms with Gasteiger partial charge in [0.15, 0.2) is 0 Å². The van der Waals surface area contributed by atoms with Crippen molar-refractivity contribution >= 4 is 17.5 Å². The highest BCUT2D eigenvalue weighted by Gasteiger charge is 2.36. The standard InChI is InChI=1S/C14H18ClNO3/c1-14(2,19)9-5-6-16(8-9)13(18)11-4-3-10(15)7-12(11)17/h3-4,7,9,17,19H,5-6,8H2,1-2H3/t9-/m0/s1. The predicted octanol–water partition coefficient (Wildman–Crippen LogP) is 2.28. The summed E-state index contributed by atoms with van der Waals surface area (Å²) in [4.78, 5) is 14.0. The molecule has 0 saturated carbocycles. The van der Waals surface area contributed by atoms with E-state index in [0.717, 1.165) is 6.42 Å². The monoisotopic (exact) mass is 283 g/mol. The Bertz CT molecular complexity index is 496. The van der Waals surface area contributed by atoms with E-state index in [-0.39, 0.29) is 23.1 Å². The van der Waals surface area contributed by atoms with E-state index in [1.165, 1.54) is 12.1 Å². The van der Waals surface area contributed by atoms with Crippen molar-refractivity contribution in [2.75, 3.05) is 13.1 Å². The first-order chi connectivity index (χ1) is 8.79. The fraction of sp³-hybridized carbons (Fsp3) is 0.500.